The smallest absolute Gasteiger partial charge is 0.123 e. The molecule has 1 aromatic rings. The van der Waals surface area contributed by atoms with E-state index in [1.165, 1.54) is 25.0 Å². The molecule has 12 heavy (non-hydrogen) atoms. The SMILES string of the molecule is Fc1ccc(/C=N\C2CC2)cc1. The van der Waals surface area contributed by atoms with Gasteiger partial charge in [-0.05, 0) is 30.5 Å². The van der Waals surface area contributed by atoms with Crippen molar-refractivity contribution in [1.82, 2.24) is 0 Å². The molecule has 0 radical (unpaired) electrons. The van der Waals surface area contributed by atoms with Crippen LogP contribution < -0.4 is 0 Å². The lowest BCUT2D eigenvalue weighted by Gasteiger charge is -1.91. The molecule has 2 heteroatoms. The normalized spacial score (nSPS) is 17.1. The Kier molecular flexibility index (Phi) is 1.90. The number of rotatable bonds is 2. The molecular formula is C10H10FN. The second-order valence-electron chi connectivity index (χ2n) is 3.06. The van der Waals surface area contributed by atoms with E-state index < -0.39 is 0 Å². The first-order valence-electron chi connectivity index (χ1n) is 4.13. The van der Waals surface area contributed by atoms with Gasteiger partial charge in [0.05, 0.1) is 6.04 Å². The number of aliphatic imine (C=N–C) groups is 1. The summed E-state index contributed by atoms with van der Waals surface area (Å²) in [7, 11) is 0. The lowest BCUT2D eigenvalue weighted by atomic mass is 10.2. The molecule has 0 unspecified atom stereocenters. The van der Waals surface area contributed by atoms with E-state index in [0.29, 0.717) is 6.04 Å². The lowest BCUT2D eigenvalue weighted by molar-refractivity contribution is 0.628. The van der Waals surface area contributed by atoms with Crippen LogP contribution in [0.15, 0.2) is 29.3 Å². The number of halogens is 1. The van der Waals surface area contributed by atoms with Crippen LogP contribution in [0.3, 0.4) is 0 Å². The first-order chi connectivity index (χ1) is 5.84. The van der Waals surface area contributed by atoms with Gasteiger partial charge < -0.3 is 0 Å². The van der Waals surface area contributed by atoms with Crippen molar-refractivity contribution in [2.24, 2.45) is 4.99 Å². The summed E-state index contributed by atoms with van der Waals surface area (Å²) in [5.74, 6) is -0.196. The van der Waals surface area contributed by atoms with Crippen LogP contribution in [-0.4, -0.2) is 12.3 Å². The van der Waals surface area contributed by atoms with Crippen LogP contribution in [0.4, 0.5) is 4.39 Å². The molecule has 1 aromatic carbocycles. The van der Waals surface area contributed by atoms with Crippen molar-refractivity contribution in [2.45, 2.75) is 18.9 Å². The molecule has 1 nitrogen and oxygen atoms in total. The van der Waals surface area contributed by atoms with Gasteiger partial charge in [-0.2, -0.15) is 0 Å². The summed E-state index contributed by atoms with van der Waals surface area (Å²) >= 11 is 0. The molecule has 0 amide bonds. The first kappa shape index (κ1) is 7.47. The molecule has 0 heterocycles. The first-order valence-corrected chi connectivity index (χ1v) is 4.13. The maximum absolute atomic E-state index is 12.5. The fourth-order valence-electron chi connectivity index (χ4n) is 0.964. The second-order valence-corrected chi connectivity index (χ2v) is 3.06. The zero-order valence-electron chi connectivity index (χ0n) is 6.70. The van der Waals surface area contributed by atoms with Gasteiger partial charge in [-0.3, -0.25) is 4.99 Å². The van der Waals surface area contributed by atoms with Gasteiger partial charge in [0.1, 0.15) is 5.82 Å². The minimum atomic E-state index is -0.196. The third-order valence-corrected chi connectivity index (χ3v) is 1.85. The predicted molar refractivity (Wildman–Crippen MR) is 47.0 cm³/mol. The van der Waals surface area contributed by atoms with Gasteiger partial charge in [0, 0.05) is 6.21 Å². The molecule has 1 aliphatic rings. The van der Waals surface area contributed by atoms with E-state index in [2.05, 4.69) is 4.99 Å². The fourth-order valence-corrected chi connectivity index (χ4v) is 0.964. The molecule has 0 bridgehead atoms. The highest BCUT2D eigenvalue weighted by molar-refractivity contribution is 5.79. The quantitative estimate of drug-likeness (QED) is 0.594. The highest BCUT2D eigenvalue weighted by atomic mass is 19.1. The van der Waals surface area contributed by atoms with Crippen LogP contribution in [0.2, 0.25) is 0 Å². The summed E-state index contributed by atoms with van der Waals surface area (Å²) < 4.78 is 12.5. The van der Waals surface area contributed by atoms with Crippen molar-refractivity contribution in [1.29, 1.82) is 0 Å². The van der Waals surface area contributed by atoms with E-state index in [1.807, 2.05) is 6.21 Å². The predicted octanol–water partition coefficient (Wildman–Crippen LogP) is 2.41. The summed E-state index contributed by atoms with van der Waals surface area (Å²) in [5, 5.41) is 0. The zero-order valence-corrected chi connectivity index (χ0v) is 6.70. The Labute approximate surface area is 70.9 Å². The van der Waals surface area contributed by atoms with Crippen molar-refractivity contribution < 1.29 is 4.39 Å². The topological polar surface area (TPSA) is 12.4 Å². The van der Waals surface area contributed by atoms with Crippen molar-refractivity contribution in [3.63, 3.8) is 0 Å². The van der Waals surface area contributed by atoms with Gasteiger partial charge in [-0.1, -0.05) is 12.1 Å². The van der Waals surface area contributed by atoms with E-state index >= 15 is 0 Å². The summed E-state index contributed by atoms with van der Waals surface area (Å²) in [6.07, 6.45) is 4.23. The number of benzene rings is 1. The van der Waals surface area contributed by atoms with Crippen molar-refractivity contribution >= 4 is 6.21 Å². The molecule has 0 aliphatic heterocycles. The Balaban J connectivity index is 2.07. The molecule has 2 rings (SSSR count). The van der Waals surface area contributed by atoms with E-state index in [9.17, 15) is 4.39 Å². The Morgan fingerprint density at radius 3 is 2.50 bits per heavy atom. The molecule has 0 atom stereocenters. The Hall–Kier alpha value is -1.18. The molecule has 62 valence electrons. The second kappa shape index (κ2) is 3.05. The summed E-state index contributed by atoms with van der Waals surface area (Å²) in [5.41, 5.74) is 0.975. The Bertz CT molecular complexity index is 285. The third kappa shape index (κ3) is 1.91. The highest BCUT2D eigenvalue weighted by Crippen LogP contribution is 2.23. The van der Waals surface area contributed by atoms with Crippen LogP contribution in [-0.2, 0) is 0 Å². The van der Waals surface area contributed by atoms with Crippen molar-refractivity contribution in [3.8, 4) is 0 Å². The van der Waals surface area contributed by atoms with Crippen LogP contribution >= 0.6 is 0 Å². The minimum Gasteiger partial charge on any atom is -0.289 e. The monoisotopic (exact) mass is 163 g/mol. The molecule has 0 spiro atoms. The molecular weight excluding hydrogens is 153 g/mol. The van der Waals surface area contributed by atoms with E-state index in [4.69, 9.17) is 0 Å². The number of hydrogen-bond donors (Lipinski definition) is 0. The fraction of sp³-hybridized carbons (Fsp3) is 0.300. The van der Waals surface area contributed by atoms with Gasteiger partial charge in [-0.25, -0.2) is 4.39 Å². The standard InChI is InChI=1S/C10H10FN/c11-9-3-1-8(2-4-9)7-12-10-5-6-10/h1-4,7,10H,5-6H2/b12-7-. The Morgan fingerprint density at radius 1 is 1.25 bits per heavy atom. The van der Waals surface area contributed by atoms with Gasteiger partial charge in [0.25, 0.3) is 0 Å². The van der Waals surface area contributed by atoms with Gasteiger partial charge in [0.2, 0.25) is 0 Å². The van der Waals surface area contributed by atoms with E-state index in [-0.39, 0.29) is 5.82 Å². The summed E-state index contributed by atoms with van der Waals surface area (Å²) in [4.78, 5) is 4.29. The highest BCUT2D eigenvalue weighted by Gasteiger charge is 2.18. The maximum Gasteiger partial charge on any atom is 0.123 e. The molecule has 1 saturated carbocycles. The van der Waals surface area contributed by atoms with Gasteiger partial charge in [0.15, 0.2) is 0 Å². The molecule has 0 N–H and O–H groups in total. The van der Waals surface area contributed by atoms with E-state index in [1.54, 1.807) is 12.1 Å². The summed E-state index contributed by atoms with van der Waals surface area (Å²) in [6.45, 7) is 0. The maximum atomic E-state index is 12.5. The lowest BCUT2D eigenvalue weighted by Crippen LogP contribution is -1.83. The van der Waals surface area contributed by atoms with Crippen molar-refractivity contribution in [2.75, 3.05) is 0 Å². The van der Waals surface area contributed by atoms with Crippen LogP contribution in [0.1, 0.15) is 18.4 Å². The summed E-state index contributed by atoms with van der Waals surface area (Å²) in [6, 6.07) is 6.92. The average Bonchev–Trinajstić information content (AvgIpc) is 2.87. The number of nitrogens with zero attached hydrogens (tertiary/aromatic N) is 1. The van der Waals surface area contributed by atoms with E-state index in [0.717, 1.165) is 5.56 Å². The number of hydrogen-bond acceptors (Lipinski definition) is 1. The van der Waals surface area contributed by atoms with Gasteiger partial charge in [-0.15, -0.1) is 0 Å². The third-order valence-electron chi connectivity index (χ3n) is 1.85. The van der Waals surface area contributed by atoms with Crippen LogP contribution in [0.25, 0.3) is 0 Å². The average molecular weight is 163 g/mol. The van der Waals surface area contributed by atoms with Gasteiger partial charge >= 0.3 is 0 Å². The largest absolute Gasteiger partial charge is 0.289 e. The molecule has 1 fully saturated rings. The Morgan fingerprint density at radius 2 is 1.92 bits per heavy atom. The van der Waals surface area contributed by atoms with Crippen LogP contribution in [0, 0.1) is 5.82 Å². The minimum absolute atomic E-state index is 0.196. The zero-order chi connectivity index (χ0) is 8.39. The van der Waals surface area contributed by atoms with Crippen molar-refractivity contribution in [3.05, 3.63) is 35.6 Å². The van der Waals surface area contributed by atoms with Crippen LogP contribution in [0.5, 0.6) is 0 Å². The molecule has 0 saturated heterocycles. The molecule has 1 aliphatic carbocycles. The molecule has 0 aromatic heterocycles.